The highest BCUT2D eigenvalue weighted by Gasteiger charge is 2.32. The molecule has 27 heavy (non-hydrogen) atoms. The summed E-state index contributed by atoms with van der Waals surface area (Å²) in [6.45, 7) is 1.97. The second kappa shape index (κ2) is 9.08. The Labute approximate surface area is 173 Å². The average Bonchev–Trinajstić information content (AvgIpc) is 3.30. The predicted octanol–water partition coefficient (Wildman–Crippen LogP) is 4.32. The fourth-order valence-electron chi connectivity index (χ4n) is 3.56. The van der Waals surface area contributed by atoms with Crippen LogP contribution in [0.5, 0.6) is 11.5 Å². The summed E-state index contributed by atoms with van der Waals surface area (Å²) in [7, 11) is 5.29. The molecule has 0 radical (unpaired) electrons. The van der Waals surface area contributed by atoms with Crippen molar-refractivity contribution in [3.05, 3.63) is 44.6 Å². The Morgan fingerprint density at radius 1 is 1.33 bits per heavy atom. The highest BCUT2D eigenvalue weighted by atomic mass is 79.9. The van der Waals surface area contributed by atoms with Crippen LogP contribution in [0.1, 0.15) is 29.3 Å². The quantitative estimate of drug-likeness (QED) is 0.626. The lowest BCUT2D eigenvalue weighted by Crippen LogP contribution is -2.38. The van der Waals surface area contributed by atoms with E-state index in [4.69, 9.17) is 9.47 Å². The predicted molar refractivity (Wildman–Crippen MR) is 112 cm³/mol. The van der Waals surface area contributed by atoms with Gasteiger partial charge in [-0.05, 0) is 54.0 Å². The smallest absolute Gasteiger partial charge is 0.237 e. The van der Waals surface area contributed by atoms with Gasteiger partial charge in [-0.1, -0.05) is 0 Å². The number of hydrogen-bond donors (Lipinski definition) is 0. The monoisotopic (exact) mass is 452 g/mol. The Kier molecular flexibility index (Phi) is 6.78. The molecule has 7 heteroatoms. The molecule has 1 unspecified atom stereocenters. The minimum absolute atomic E-state index is 0.0580. The van der Waals surface area contributed by atoms with E-state index in [1.165, 1.54) is 4.88 Å². The van der Waals surface area contributed by atoms with Gasteiger partial charge in [0.1, 0.15) is 11.5 Å². The minimum Gasteiger partial charge on any atom is -0.497 e. The van der Waals surface area contributed by atoms with Crippen molar-refractivity contribution < 1.29 is 14.3 Å². The number of amides is 1. The van der Waals surface area contributed by atoms with Crippen molar-refractivity contribution in [2.45, 2.75) is 25.4 Å². The fourth-order valence-corrected chi connectivity index (χ4v) is 5.09. The molecule has 1 amide bonds. The molecule has 2 heterocycles. The third-order valence-electron chi connectivity index (χ3n) is 4.83. The maximum absolute atomic E-state index is 13.0. The minimum atomic E-state index is 0.0580. The van der Waals surface area contributed by atoms with Gasteiger partial charge in [0.05, 0.1) is 26.8 Å². The Hall–Kier alpha value is -1.57. The Morgan fingerprint density at radius 3 is 2.81 bits per heavy atom. The summed E-state index contributed by atoms with van der Waals surface area (Å²) in [5.41, 5.74) is 1.05. The number of nitrogens with zero attached hydrogens (tertiary/aromatic N) is 2. The first-order valence-corrected chi connectivity index (χ1v) is 10.6. The second-order valence-electron chi connectivity index (χ2n) is 6.76. The van der Waals surface area contributed by atoms with Crippen molar-refractivity contribution in [3.8, 4) is 11.5 Å². The highest BCUT2D eigenvalue weighted by molar-refractivity contribution is 9.10. The lowest BCUT2D eigenvalue weighted by atomic mass is 10.0. The molecule has 0 saturated carbocycles. The van der Waals surface area contributed by atoms with Crippen LogP contribution in [0.15, 0.2) is 34.1 Å². The van der Waals surface area contributed by atoms with Crippen LogP contribution in [0.3, 0.4) is 0 Å². The van der Waals surface area contributed by atoms with Gasteiger partial charge in [0.15, 0.2) is 0 Å². The number of halogens is 1. The number of likely N-dealkylation sites (tertiary alicyclic amines) is 1. The largest absolute Gasteiger partial charge is 0.497 e. The molecule has 1 aromatic heterocycles. The molecule has 1 atom stereocenters. The van der Waals surface area contributed by atoms with Gasteiger partial charge < -0.3 is 14.4 Å². The molecule has 3 rings (SSSR count). The van der Waals surface area contributed by atoms with E-state index < -0.39 is 0 Å². The number of benzene rings is 1. The van der Waals surface area contributed by atoms with Gasteiger partial charge in [-0.3, -0.25) is 9.69 Å². The molecule has 146 valence electrons. The molecule has 1 fully saturated rings. The van der Waals surface area contributed by atoms with E-state index in [1.54, 1.807) is 25.6 Å². The van der Waals surface area contributed by atoms with Gasteiger partial charge in [0.2, 0.25) is 5.91 Å². The van der Waals surface area contributed by atoms with Crippen LogP contribution in [-0.2, 0) is 11.3 Å². The average molecular weight is 453 g/mol. The zero-order valence-electron chi connectivity index (χ0n) is 15.9. The molecule has 1 saturated heterocycles. The van der Waals surface area contributed by atoms with Crippen LogP contribution in [0.2, 0.25) is 0 Å². The molecule has 0 bridgehead atoms. The van der Waals surface area contributed by atoms with Crippen molar-refractivity contribution in [1.82, 2.24) is 9.80 Å². The number of likely N-dealkylation sites (N-methyl/N-ethyl adjacent to an activating group) is 1. The summed E-state index contributed by atoms with van der Waals surface area (Å²) in [6.07, 6.45) is 1.96. The lowest BCUT2D eigenvalue weighted by Gasteiger charge is -2.28. The molecular formula is C20H25BrN2O3S. The van der Waals surface area contributed by atoms with E-state index in [9.17, 15) is 4.79 Å². The molecular weight excluding hydrogens is 428 g/mol. The van der Waals surface area contributed by atoms with Gasteiger partial charge in [-0.25, -0.2) is 0 Å². The summed E-state index contributed by atoms with van der Waals surface area (Å²) in [5.74, 6) is 1.69. The zero-order chi connectivity index (χ0) is 19.4. The third kappa shape index (κ3) is 4.83. The molecule has 5 nitrogen and oxygen atoms in total. The summed E-state index contributed by atoms with van der Waals surface area (Å²) in [5, 5.41) is 2.07. The first-order chi connectivity index (χ1) is 13.0. The van der Waals surface area contributed by atoms with Gasteiger partial charge in [0.25, 0.3) is 0 Å². The van der Waals surface area contributed by atoms with Crippen LogP contribution in [0.4, 0.5) is 0 Å². The lowest BCUT2D eigenvalue weighted by molar-refractivity contribution is -0.133. The summed E-state index contributed by atoms with van der Waals surface area (Å²) < 4.78 is 11.9. The number of carbonyl (C=O) groups is 1. The maximum atomic E-state index is 13.0. The van der Waals surface area contributed by atoms with Crippen LogP contribution in [0, 0.1) is 0 Å². The van der Waals surface area contributed by atoms with E-state index in [0.717, 1.165) is 47.5 Å². The Morgan fingerprint density at radius 2 is 2.15 bits per heavy atom. The van der Waals surface area contributed by atoms with Gasteiger partial charge in [-0.15, -0.1) is 11.3 Å². The number of rotatable bonds is 7. The molecule has 0 aliphatic carbocycles. The van der Waals surface area contributed by atoms with E-state index >= 15 is 0 Å². The SMILES string of the molecule is COc1ccc(C2CCCN2C(=O)CN(C)Cc2cc(Br)cs2)c(OC)c1. The van der Waals surface area contributed by atoms with E-state index in [2.05, 4.69) is 32.3 Å². The topological polar surface area (TPSA) is 42.0 Å². The van der Waals surface area contributed by atoms with Crippen molar-refractivity contribution in [2.24, 2.45) is 0 Å². The van der Waals surface area contributed by atoms with Crippen LogP contribution >= 0.6 is 27.3 Å². The van der Waals surface area contributed by atoms with Crippen molar-refractivity contribution >= 4 is 33.2 Å². The number of thiophene rings is 1. The Bertz CT molecular complexity index is 795. The summed E-state index contributed by atoms with van der Waals surface area (Å²) in [6, 6.07) is 7.99. The van der Waals surface area contributed by atoms with E-state index in [1.807, 2.05) is 30.1 Å². The Balaban J connectivity index is 1.69. The van der Waals surface area contributed by atoms with E-state index in [0.29, 0.717) is 6.54 Å². The van der Waals surface area contributed by atoms with Crippen molar-refractivity contribution in [3.63, 3.8) is 0 Å². The number of methoxy groups -OCH3 is 2. The number of ether oxygens (including phenoxy) is 2. The molecule has 1 aliphatic heterocycles. The van der Waals surface area contributed by atoms with Crippen LogP contribution in [-0.4, -0.2) is 50.1 Å². The normalized spacial score (nSPS) is 16.8. The van der Waals surface area contributed by atoms with E-state index in [-0.39, 0.29) is 11.9 Å². The maximum Gasteiger partial charge on any atom is 0.237 e. The summed E-state index contributed by atoms with van der Waals surface area (Å²) in [4.78, 5) is 18.3. The van der Waals surface area contributed by atoms with Crippen LogP contribution < -0.4 is 9.47 Å². The molecule has 0 N–H and O–H groups in total. The zero-order valence-corrected chi connectivity index (χ0v) is 18.3. The summed E-state index contributed by atoms with van der Waals surface area (Å²) >= 11 is 5.18. The molecule has 0 spiro atoms. The first-order valence-electron chi connectivity index (χ1n) is 8.94. The van der Waals surface area contributed by atoms with Crippen molar-refractivity contribution in [2.75, 3.05) is 34.4 Å². The molecule has 2 aromatic rings. The number of carbonyl (C=O) groups excluding carboxylic acids is 1. The van der Waals surface area contributed by atoms with Crippen molar-refractivity contribution in [1.29, 1.82) is 0 Å². The molecule has 1 aliphatic rings. The fraction of sp³-hybridized carbons (Fsp3) is 0.450. The number of hydrogen-bond acceptors (Lipinski definition) is 5. The first kappa shape index (κ1) is 20.2. The highest BCUT2D eigenvalue weighted by Crippen LogP contribution is 2.38. The second-order valence-corrected chi connectivity index (χ2v) is 8.67. The standard InChI is InChI=1S/C20H25BrN2O3S/c1-22(11-16-9-14(21)13-27-16)12-20(24)23-8-4-5-18(23)17-7-6-15(25-2)10-19(17)26-3/h6-7,9-10,13,18H,4-5,8,11-12H2,1-3H3. The van der Waals surface area contributed by atoms with Gasteiger partial charge in [-0.2, -0.15) is 0 Å². The van der Waals surface area contributed by atoms with Gasteiger partial charge in [0, 0.05) is 39.4 Å². The van der Waals surface area contributed by atoms with Gasteiger partial charge >= 0.3 is 0 Å². The van der Waals surface area contributed by atoms with Crippen LogP contribution in [0.25, 0.3) is 0 Å². The third-order valence-corrected chi connectivity index (χ3v) is 6.51. The molecule has 1 aromatic carbocycles.